The lowest BCUT2D eigenvalue weighted by Gasteiger charge is -2.31. The molecule has 0 aromatic heterocycles. The van der Waals surface area contributed by atoms with Gasteiger partial charge in [-0.25, -0.2) is 9.59 Å². The van der Waals surface area contributed by atoms with Crippen molar-refractivity contribution in [2.24, 2.45) is 11.8 Å². The van der Waals surface area contributed by atoms with E-state index in [1.165, 1.54) is 0 Å². The number of carbonyl (C=O) groups excluding carboxylic acids is 2. The Labute approximate surface area is 182 Å². The van der Waals surface area contributed by atoms with Crippen LogP contribution in [0.1, 0.15) is 68.2 Å². The maximum Gasteiger partial charge on any atom is 0.407 e. The minimum atomic E-state index is -0.421. The highest BCUT2D eigenvalue weighted by Crippen LogP contribution is 2.14. The van der Waals surface area contributed by atoms with Crippen molar-refractivity contribution in [2.75, 3.05) is 26.2 Å². The molecule has 2 aliphatic rings. The Morgan fingerprint density at radius 3 is 1.33 bits per heavy atom. The molecule has 0 aromatic carbocycles. The van der Waals surface area contributed by atoms with Gasteiger partial charge < -0.3 is 30.7 Å². The fourth-order valence-electron chi connectivity index (χ4n) is 3.28. The first-order chi connectivity index (χ1) is 13.8. The van der Waals surface area contributed by atoms with Gasteiger partial charge in [-0.2, -0.15) is 0 Å². The van der Waals surface area contributed by atoms with Crippen LogP contribution in [0.2, 0.25) is 0 Å². The average Bonchev–Trinajstić information content (AvgIpc) is 2.56. The van der Waals surface area contributed by atoms with E-state index in [1.54, 1.807) is 0 Å². The summed E-state index contributed by atoms with van der Waals surface area (Å²) in [4.78, 5) is 23.0. The highest BCUT2D eigenvalue weighted by atomic mass is 16.6. The number of amides is 2. The molecule has 0 unspecified atom stereocenters. The van der Waals surface area contributed by atoms with Gasteiger partial charge in [0, 0.05) is 25.2 Å². The quantitative estimate of drug-likeness (QED) is 0.539. The largest absolute Gasteiger partial charge is 0.444 e. The van der Waals surface area contributed by atoms with Crippen molar-refractivity contribution < 1.29 is 19.1 Å². The third-order valence-corrected chi connectivity index (χ3v) is 5.06. The molecular weight excluding hydrogens is 384 g/mol. The van der Waals surface area contributed by atoms with Crippen LogP contribution < -0.4 is 21.3 Å². The number of hydrogen-bond acceptors (Lipinski definition) is 6. The van der Waals surface area contributed by atoms with Gasteiger partial charge in [0.1, 0.15) is 11.2 Å². The van der Waals surface area contributed by atoms with Crippen molar-refractivity contribution in [1.82, 2.24) is 21.3 Å². The molecule has 4 atom stereocenters. The van der Waals surface area contributed by atoms with Crippen LogP contribution >= 0.6 is 0 Å². The first kappa shape index (κ1) is 26.5. The molecule has 2 heterocycles. The molecule has 176 valence electrons. The van der Waals surface area contributed by atoms with Crippen molar-refractivity contribution >= 4 is 12.2 Å². The summed E-state index contributed by atoms with van der Waals surface area (Å²) in [5.41, 5.74) is -0.842. The van der Waals surface area contributed by atoms with Crippen LogP contribution in [-0.2, 0) is 9.47 Å². The lowest BCUT2D eigenvalue weighted by atomic mass is 9.95. The highest BCUT2D eigenvalue weighted by Gasteiger charge is 2.26. The predicted octanol–water partition coefficient (Wildman–Crippen LogP) is 3.02. The number of nitrogens with one attached hydrogen (secondary N) is 4. The van der Waals surface area contributed by atoms with E-state index in [-0.39, 0.29) is 24.3 Å². The molecule has 2 fully saturated rings. The molecule has 2 amide bonds. The van der Waals surface area contributed by atoms with Gasteiger partial charge >= 0.3 is 12.2 Å². The molecule has 0 aliphatic carbocycles. The number of piperidine rings is 2. The Balaban J connectivity index is 0.000000300. The van der Waals surface area contributed by atoms with Crippen LogP contribution in [0.15, 0.2) is 0 Å². The second-order valence-corrected chi connectivity index (χ2v) is 10.4. The maximum absolute atomic E-state index is 11.5. The summed E-state index contributed by atoms with van der Waals surface area (Å²) in [5, 5.41) is 12.3. The molecule has 8 nitrogen and oxygen atoms in total. The summed E-state index contributed by atoms with van der Waals surface area (Å²) in [6.07, 6.45) is 1.56. The predicted molar refractivity (Wildman–Crippen MR) is 120 cm³/mol. The van der Waals surface area contributed by atoms with Gasteiger partial charge in [0.2, 0.25) is 0 Å². The minimum absolute atomic E-state index is 0.189. The molecule has 4 N–H and O–H groups in total. The molecule has 0 saturated carbocycles. The Morgan fingerprint density at radius 1 is 0.733 bits per heavy atom. The van der Waals surface area contributed by atoms with E-state index in [4.69, 9.17) is 9.47 Å². The number of hydrogen-bond donors (Lipinski definition) is 4. The third-order valence-electron chi connectivity index (χ3n) is 5.06. The first-order valence-electron chi connectivity index (χ1n) is 11.2. The zero-order valence-corrected chi connectivity index (χ0v) is 20.2. The van der Waals surface area contributed by atoms with Crippen molar-refractivity contribution in [1.29, 1.82) is 0 Å². The van der Waals surface area contributed by atoms with Gasteiger partial charge in [-0.15, -0.1) is 0 Å². The topological polar surface area (TPSA) is 101 Å². The van der Waals surface area contributed by atoms with Crippen molar-refractivity contribution in [3.05, 3.63) is 0 Å². The van der Waals surface area contributed by atoms with E-state index in [0.717, 1.165) is 39.0 Å². The van der Waals surface area contributed by atoms with Crippen LogP contribution in [0.3, 0.4) is 0 Å². The number of carbonyl (C=O) groups is 2. The maximum atomic E-state index is 11.5. The molecule has 0 aromatic rings. The fourth-order valence-corrected chi connectivity index (χ4v) is 3.28. The molecular formula is C22H44N4O4. The summed E-state index contributed by atoms with van der Waals surface area (Å²) >= 11 is 0. The number of rotatable bonds is 2. The minimum Gasteiger partial charge on any atom is -0.444 e. The van der Waals surface area contributed by atoms with Crippen molar-refractivity contribution in [2.45, 2.75) is 91.5 Å². The van der Waals surface area contributed by atoms with Gasteiger partial charge in [-0.3, -0.25) is 0 Å². The Morgan fingerprint density at radius 2 is 1.07 bits per heavy atom. The molecule has 2 aliphatic heterocycles. The van der Waals surface area contributed by atoms with Gasteiger partial charge in [0.05, 0.1) is 0 Å². The molecule has 8 heteroatoms. The average molecular weight is 429 g/mol. The lowest BCUT2D eigenvalue weighted by Crippen LogP contribution is -2.51. The molecule has 2 rings (SSSR count). The van der Waals surface area contributed by atoms with Crippen molar-refractivity contribution in [3.8, 4) is 0 Å². The van der Waals surface area contributed by atoms with E-state index < -0.39 is 11.2 Å². The summed E-state index contributed by atoms with van der Waals surface area (Å²) in [6, 6.07) is 0.377. The third kappa shape index (κ3) is 11.6. The lowest BCUT2D eigenvalue weighted by molar-refractivity contribution is 0.0468. The number of ether oxygens (including phenoxy) is 2. The second kappa shape index (κ2) is 11.7. The Bertz CT molecular complexity index is 494. The highest BCUT2D eigenvalue weighted by molar-refractivity contribution is 5.68. The Kier molecular flexibility index (Phi) is 10.4. The van der Waals surface area contributed by atoms with Gasteiger partial charge in [-0.05, 0) is 79.3 Å². The second-order valence-electron chi connectivity index (χ2n) is 10.4. The summed E-state index contributed by atoms with van der Waals surface area (Å²) in [6.45, 7) is 19.3. The van der Waals surface area contributed by atoms with E-state index in [2.05, 4.69) is 35.1 Å². The molecule has 30 heavy (non-hydrogen) atoms. The van der Waals surface area contributed by atoms with Crippen LogP contribution in [0.5, 0.6) is 0 Å². The van der Waals surface area contributed by atoms with Crippen LogP contribution in [0.4, 0.5) is 9.59 Å². The van der Waals surface area contributed by atoms with Crippen LogP contribution in [-0.4, -0.2) is 61.7 Å². The van der Waals surface area contributed by atoms with E-state index in [1.807, 2.05) is 41.5 Å². The van der Waals surface area contributed by atoms with E-state index in [0.29, 0.717) is 11.8 Å². The molecule has 0 radical (unpaired) electrons. The molecule has 2 saturated heterocycles. The smallest absolute Gasteiger partial charge is 0.407 e. The first-order valence-corrected chi connectivity index (χ1v) is 11.2. The molecule has 0 bridgehead atoms. The van der Waals surface area contributed by atoms with Crippen molar-refractivity contribution in [3.63, 3.8) is 0 Å². The van der Waals surface area contributed by atoms with Crippen LogP contribution in [0, 0.1) is 11.8 Å². The zero-order valence-electron chi connectivity index (χ0n) is 20.2. The number of alkyl carbamates (subject to hydrolysis) is 2. The monoisotopic (exact) mass is 428 g/mol. The van der Waals surface area contributed by atoms with Gasteiger partial charge in [0.15, 0.2) is 0 Å². The zero-order chi connectivity index (χ0) is 22.9. The fraction of sp³-hybridized carbons (Fsp3) is 0.909. The summed E-state index contributed by atoms with van der Waals surface area (Å²) in [5.74, 6) is 1.03. The van der Waals surface area contributed by atoms with Gasteiger partial charge in [-0.1, -0.05) is 13.8 Å². The summed E-state index contributed by atoms with van der Waals surface area (Å²) in [7, 11) is 0. The molecule has 0 spiro atoms. The standard InChI is InChI=1S/2C11H22N2O2/c2*1-8-5-6-12-7-9(8)13-10(14)15-11(2,3)4/h2*8-9,12H,5-7H2,1-4H3,(H,13,14)/t8-,9+;8-,9-/m01/s1. The van der Waals surface area contributed by atoms with E-state index in [9.17, 15) is 9.59 Å². The Hall–Kier alpha value is -1.54. The normalized spacial score (nSPS) is 27.2. The summed E-state index contributed by atoms with van der Waals surface area (Å²) < 4.78 is 10.4. The van der Waals surface area contributed by atoms with Gasteiger partial charge in [0.25, 0.3) is 0 Å². The van der Waals surface area contributed by atoms with E-state index >= 15 is 0 Å². The SMILES string of the molecule is C[C@@H]1CCNC[C@H]1NC(=O)OC(C)(C)C.C[C@H]1CCNC[C@H]1NC(=O)OC(C)(C)C. The van der Waals surface area contributed by atoms with Crippen LogP contribution in [0.25, 0.3) is 0 Å².